The number of rotatable bonds is 5. The molecule has 2 aromatic carbocycles. The van der Waals surface area contributed by atoms with Crippen molar-refractivity contribution in [3.8, 4) is 11.3 Å². The van der Waals surface area contributed by atoms with Crippen molar-refractivity contribution in [1.29, 1.82) is 0 Å². The molecular weight excluding hydrogens is 360 g/mol. The van der Waals surface area contributed by atoms with Gasteiger partial charge in [-0.15, -0.1) is 0 Å². The fourth-order valence-corrected chi connectivity index (χ4v) is 2.81. The van der Waals surface area contributed by atoms with Crippen LogP contribution < -0.4 is 5.43 Å². The van der Waals surface area contributed by atoms with E-state index < -0.39 is 0 Å². The van der Waals surface area contributed by atoms with E-state index >= 15 is 0 Å². The molecule has 1 heterocycles. The summed E-state index contributed by atoms with van der Waals surface area (Å²) in [4.78, 5) is 12.0. The minimum Gasteiger partial charge on any atom is -0.455 e. The number of nitrogens with one attached hydrogen (secondary N) is 1. The topological polar surface area (TPSA) is 54.6 Å². The number of halogens is 1. The van der Waals surface area contributed by atoms with Gasteiger partial charge in [0.2, 0.25) is 5.91 Å². The quantitative estimate of drug-likeness (QED) is 0.487. The van der Waals surface area contributed by atoms with E-state index in [2.05, 4.69) is 10.5 Å². The maximum Gasteiger partial charge on any atom is 0.244 e. The molecule has 0 aliphatic rings. The Morgan fingerprint density at radius 2 is 1.81 bits per heavy atom. The van der Waals surface area contributed by atoms with Gasteiger partial charge in [0.05, 0.1) is 12.6 Å². The first-order valence-electron chi connectivity index (χ1n) is 8.67. The van der Waals surface area contributed by atoms with E-state index in [0.717, 1.165) is 16.7 Å². The van der Waals surface area contributed by atoms with E-state index in [-0.39, 0.29) is 12.3 Å². The highest BCUT2D eigenvalue weighted by Crippen LogP contribution is 2.26. The number of nitrogens with zero attached hydrogens (tertiary/aromatic N) is 1. The SMILES string of the molecule is Cc1ccc(CC(=O)N/N=C\c2ccc(-c3ccc(C)c(Cl)c3)o2)cc1C. The van der Waals surface area contributed by atoms with Crippen LogP contribution in [0.25, 0.3) is 11.3 Å². The van der Waals surface area contributed by atoms with Gasteiger partial charge in [0, 0.05) is 10.6 Å². The lowest BCUT2D eigenvalue weighted by Gasteiger charge is -2.04. The lowest BCUT2D eigenvalue weighted by atomic mass is 10.0. The molecule has 0 spiro atoms. The van der Waals surface area contributed by atoms with Crippen LogP contribution in [0.1, 0.15) is 28.0 Å². The Labute approximate surface area is 163 Å². The molecule has 0 saturated heterocycles. The normalized spacial score (nSPS) is 11.1. The van der Waals surface area contributed by atoms with Gasteiger partial charge < -0.3 is 4.42 Å². The highest BCUT2D eigenvalue weighted by atomic mass is 35.5. The lowest BCUT2D eigenvalue weighted by molar-refractivity contribution is -0.120. The predicted molar refractivity (Wildman–Crippen MR) is 109 cm³/mol. The van der Waals surface area contributed by atoms with Gasteiger partial charge in [0.1, 0.15) is 11.5 Å². The maximum atomic E-state index is 12.0. The molecule has 1 amide bonds. The average molecular weight is 381 g/mol. The van der Waals surface area contributed by atoms with Gasteiger partial charge in [-0.3, -0.25) is 4.79 Å². The number of hydrazone groups is 1. The third kappa shape index (κ3) is 4.86. The minimum atomic E-state index is -0.174. The van der Waals surface area contributed by atoms with E-state index in [0.29, 0.717) is 16.5 Å². The van der Waals surface area contributed by atoms with Crippen LogP contribution in [0.2, 0.25) is 5.02 Å². The summed E-state index contributed by atoms with van der Waals surface area (Å²) in [6.45, 7) is 6.03. The van der Waals surface area contributed by atoms with Crippen molar-refractivity contribution >= 4 is 23.7 Å². The van der Waals surface area contributed by atoms with Crippen LogP contribution in [-0.4, -0.2) is 12.1 Å². The summed E-state index contributed by atoms with van der Waals surface area (Å²) in [5, 5.41) is 4.66. The van der Waals surface area contributed by atoms with Gasteiger partial charge in [0.15, 0.2) is 0 Å². The van der Waals surface area contributed by atoms with Crippen molar-refractivity contribution in [3.05, 3.63) is 81.6 Å². The van der Waals surface area contributed by atoms with Crippen LogP contribution >= 0.6 is 11.6 Å². The van der Waals surface area contributed by atoms with Gasteiger partial charge >= 0.3 is 0 Å². The maximum absolute atomic E-state index is 12.0. The third-order valence-corrected chi connectivity index (χ3v) is 4.81. The second kappa shape index (κ2) is 8.23. The van der Waals surface area contributed by atoms with Crippen LogP contribution in [0.15, 0.2) is 58.0 Å². The molecule has 1 N–H and O–H groups in total. The number of hydrogen-bond donors (Lipinski definition) is 1. The molecule has 1 aromatic heterocycles. The molecule has 0 aliphatic heterocycles. The Kier molecular flexibility index (Phi) is 5.77. The van der Waals surface area contributed by atoms with E-state index in [1.165, 1.54) is 17.3 Å². The summed E-state index contributed by atoms with van der Waals surface area (Å²) >= 11 is 6.16. The predicted octanol–water partition coefficient (Wildman–Crippen LogP) is 5.22. The van der Waals surface area contributed by atoms with Gasteiger partial charge in [-0.05, 0) is 61.2 Å². The Hall–Kier alpha value is -2.85. The Balaban J connectivity index is 1.59. The van der Waals surface area contributed by atoms with E-state index in [9.17, 15) is 4.79 Å². The summed E-state index contributed by atoms with van der Waals surface area (Å²) in [5.74, 6) is 1.07. The van der Waals surface area contributed by atoms with Gasteiger partial charge in [-0.2, -0.15) is 5.10 Å². The second-order valence-electron chi connectivity index (χ2n) is 6.55. The molecule has 0 saturated carbocycles. The minimum absolute atomic E-state index is 0.174. The van der Waals surface area contributed by atoms with Crippen molar-refractivity contribution in [1.82, 2.24) is 5.43 Å². The van der Waals surface area contributed by atoms with E-state index in [4.69, 9.17) is 16.0 Å². The monoisotopic (exact) mass is 380 g/mol. The summed E-state index contributed by atoms with van der Waals surface area (Å²) in [5.41, 5.74) is 7.77. The van der Waals surface area contributed by atoms with Crippen molar-refractivity contribution in [3.63, 3.8) is 0 Å². The van der Waals surface area contributed by atoms with Crippen LogP contribution in [-0.2, 0) is 11.2 Å². The van der Waals surface area contributed by atoms with Crippen LogP contribution in [0.3, 0.4) is 0 Å². The highest BCUT2D eigenvalue weighted by Gasteiger charge is 2.06. The number of benzene rings is 2. The zero-order valence-electron chi connectivity index (χ0n) is 15.5. The number of carbonyl (C=O) groups is 1. The fraction of sp³-hybridized carbons (Fsp3) is 0.182. The van der Waals surface area contributed by atoms with Gasteiger partial charge in [0.25, 0.3) is 0 Å². The Morgan fingerprint density at radius 1 is 1.04 bits per heavy atom. The van der Waals surface area contributed by atoms with Crippen molar-refractivity contribution in [2.24, 2.45) is 5.10 Å². The molecule has 0 unspecified atom stereocenters. The molecule has 4 nitrogen and oxygen atoms in total. The Morgan fingerprint density at radius 3 is 2.56 bits per heavy atom. The largest absolute Gasteiger partial charge is 0.455 e. The van der Waals surface area contributed by atoms with Crippen molar-refractivity contribution in [2.75, 3.05) is 0 Å². The van der Waals surface area contributed by atoms with Crippen LogP contribution in [0.5, 0.6) is 0 Å². The number of amides is 1. The molecule has 0 atom stereocenters. The summed E-state index contributed by atoms with van der Waals surface area (Å²) in [7, 11) is 0. The molecule has 0 fully saturated rings. The standard InChI is InChI=1S/C22H21ClN2O2/c1-14-4-6-17(10-16(14)3)11-22(26)25-24-13-19-8-9-21(27-19)18-7-5-15(2)20(23)12-18/h4-10,12-13H,11H2,1-3H3,(H,25,26)/b24-13-. The summed E-state index contributed by atoms with van der Waals surface area (Å²) in [6, 6.07) is 15.4. The van der Waals surface area contributed by atoms with Crippen molar-refractivity contribution < 1.29 is 9.21 Å². The molecular formula is C22H21ClN2O2. The van der Waals surface area contributed by atoms with Gasteiger partial charge in [-0.25, -0.2) is 5.43 Å². The molecule has 27 heavy (non-hydrogen) atoms. The first-order valence-corrected chi connectivity index (χ1v) is 9.04. The Bertz CT molecular complexity index is 1010. The molecule has 0 aliphatic carbocycles. The molecule has 3 rings (SSSR count). The second-order valence-corrected chi connectivity index (χ2v) is 6.96. The number of furan rings is 1. The number of carbonyl (C=O) groups excluding carboxylic acids is 1. The smallest absolute Gasteiger partial charge is 0.244 e. The molecule has 0 bridgehead atoms. The first kappa shape index (κ1) is 18.9. The zero-order chi connectivity index (χ0) is 19.4. The molecule has 138 valence electrons. The van der Waals surface area contributed by atoms with Gasteiger partial charge in [-0.1, -0.05) is 41.9 Å². The first-order chi connectivity index (χ1) is 12.9. The summed E-state index contributed by atoms with van der Waals surface area (Å²) in [6.07, 6.45) is 1.77. The lowest BCUT2D eigenvalue weighted by Crippen LogP contribution is -2.19. The fourth-order valence-electron chi connectivity index (χ4n) is 2.63. The van der Waals surface area contributed by atoms with E-state index in [1.807, 2.05) is 63.2 Å². The number of aryl methyl sites for hydroxylation is 3. The summed E-state index contributed by atoms with van der Waals surface area (Å²) < 4.78 is 5.73. The third-order valence-electron chi connectivity index (χ3n) is 4.40. The number of hydrogen-bond acceptors (Lipinski definition) is 3. The van der Waals surface area contributed by atoms with Crippen LogP contribution in [0.4, 0.5) is 0 Å². The molecule has 3 aromatic rings. The van der Waals surface area contributed by atoms with E-state index in [1.54, 1.807) is 6.07 Å². The van der Waals surface area contributed by atoms with Crippen LogP contribution in [0, 0.1) is 20.8 Å². The average Bonchev–Trinajstić information content (AvgIpc) is 3.09. The highest BCUT2D eigenvalue weighted by molar-refractivity contribution is 6.31. The molecule has 5 heteroatoms. The zero-order valence-corrected chi connectivity index (χ0v) is 16.3. The molecule has 0 radical (unpaired) electrons. The van der Waals surface area contributed by atoms with Crippen molar-refractivity contribution in [2.45, 2.75) is 27.2 Å².